The molecule has 3 rings (SSSR count). The largest absolute Gasteiger partial charge is 0.456 e. The number of imidazole rings is 1. The number of nitrogen functional groups attached to an aromatic ring is 1. The van der Waals surface area contributed by atoms with E-state index in [9.17, 15) is 20.1 Å². The first-order valence-corrected chi connectivity index (χ1v) is 9.71. The zero-order chi connectivity index (χ0) is 21.3. The van der Waals surface area contributed by atoms with Crippen LogP contribution in [0.2, 0.25) is 0 Å². The normalized spacial score (nSPS) is 24.8. The van der Waals surface area contributed by atoms with E-state index in [2.05, 4.69) is 19.9 Å². The first-order valence-electron chi connectivity index (χ1n) is 8.72. The maximum absolute atomic E-state index is 11.9. The quantitative estimate of drug-likeness (QED) is 0.170. The highest BCUT2D eigenvalue weighted by Gasteiger charge is 2.45. The minimum absolute atomic E-state index is 0.00479. The Kier molecular flexibility index (Phi) is 6.14. The zero-order valence-corrected chi connectivity index (χ0v) is 16.8. The molecule has 0 aliphatic carbocycles. The molecule has 0 aromatic carbocycles. The lowest BCUT2D eigenvalue weighted by molar-refractivity contribution is -0.150. The average Bonchev–Trinajstić information content (AvgIpc) is 3.16. The lowest BCUT2D eigenvalue weighted by Gasteiger charge is -2.18. The van der Waals surface area contributed by atoms with E-state index in [1.807, 2.05) is 0 Å². The van der Waals surface area contributed by atoms with E-state index in [4.69, 9.17) is 19.9 Å². The summed E-state index contributed by atoms with van der Waals surface area (Å²) < 4.78 is 15.8. The summed E-state index contributed by atoms with van der Waals surface area (Å²) in [6.45, 7) is 4.78. The van der Waals surface area contributed by atoms with Gasteiger partial charge in [0.15, 0.2) is 18.0 Å². The Morgan fingerprint density at radius 2 is 2.03 bits per heavy atom. The molecule has 13 heteroatoms. The van der Waals surface area contributed by atoms with Gasteiger partial charge in [-0.1, -0.05) is 11.8 Å². The molecule has 0 spiro atoms. The first kappa shape index (κ1) is 21.5. The molecule has 3 heterocycles. The molecule has 0 unspecified atom stereocenters. The molecule has 4 atom stereocenters. The standard InChI is InChI=1S/C16H23N5O7S/c1-16(2,3)13(25)26-5-29-11-7-10(19-14(17)21-11)20-15(18-7)28-9-6(4-22)27-12(24)8(9)23/h6,8-9,12,22-24H,4-5H2,1-3H3,(H3,17,18,19,20,21)/t6-,8-,9-,12-/m1/s1. The molecule has 1 saturated heterocycles. The molecule has 12 nitrogen and oxygen atoms in total. The summed E-state index contributed by atoms with van der Waals surface area (Å²) >= 11 is 1.12. The highest BCUT2D eigenvalue weighted by atomic mass is 32.2. The van der Waals surface area contributed by atoms with Crippen LogP contribution in [-0.2, 0) is 14.3 Å². The summed E-state index contributed by atoms with van der Waals surface area (Å²) in [5.41, 5.74) is 5.68. The molecule has 1 aliphatic heterocycles. The number of hydrogen-bond acceptors (Lipinski definition) is 12. The number of nitrogens with one attached hydrogen (secondary N) is 1. The zero-order valence-electron chi connectivity index (χ0n) is 16.0. The van der Waals surface area contributed by atoms with Crippen molar-refractivity contribution in [2.45, 2.75) is 50.4 Å². The Bertz CT molecular complexity index is 886. The molecule has 2 aromatic heterocycles. The molecule has 1 fully saturated rings. The number of ether oxygens (including phenoxy) is 3. The van der Waals surface area contributed by atoms with E-state index in [1.54, 1.807) is 20.8 Å². The van der Waals surface area contributed by atoms with Gasteiger partial charge in [-0.15, -0.1) is 0 Å². The number of carbonyl (C=O) groups excluding carboxylic acids is 1. The van der Waals surface area contributed by atoms with Crippen molar-refractivity contribution in [3.63, 3.8) is 0 Å². The number of nitrogens with zero attached hydrogens (tertiary/aromatic N) is 3. The van der Waals surface area contributed by atoms with Crippen molar-refractivity contribution >= 4 is 34.8 Å². The Labute approximate surface area is 169 Å². The lowest BCUT2D eigenvalue weighted by atomic mass is 9.98. The second-order valence-corrected chi connectivity index (χ2v) is 8.30. The monoisotopic (exact) mass is 429 g/mol. The van der Waals surface area contributed by atoms with Crippen molar-refractivity contribution < 1.29 is 34.3 Å². The minimum Gasteiger partial charge on any atom is -0.456 e. The number of fused-ring (bicyclic) bond motifs is 1. The van der Waals surface area contributed by atoms with E-state index in [0.717, 1.165) is 11.8 Å². The van der Waals surface area contributed by atoms with Crippen molar-refractivity contribution in [2.24, 2.45) is 5.41 Å². The van der Waals surface area contributed by atoms with Crippen LogP contribution in [0.25, 0.3) is 11.2 Å². The van der Waals surface area contributed by atoms with Crippen molar-refractivity contribution in [2.75, 3.05) is 18.3 Å². The van der Waals surface area contributed by atoms with Crippen LogP contribution < -0.4 is 10.5 Å². The molecule has 0 amide bonds. The van der Waals surface area contributed by atoms with Gasteiger partial charge >= 0.3 is 5.97 Å². The number of aromatic amines is 1. The minimum atomic E-state index is -1.49. The highest BCUT2D eigenvalue weighted by molar-refractivity contribution is 7.99. The predicted octanol–water partition coefficient (Wildman–Crippen LogP) is -0.608. The molecular formula is C16H23N5O7S. The first-order chi connectivity index (χ1) is 13.6. The molecule has 160 valence electrons. The maximum Gasteiger partial charge on any atom is 0.312 e. The molecule has 0 saturated carbocycles. The molecule has 6 N–H and O–H groups in total. The van der Waals surface area contributed by atoms with Gasteiger partial charge in [0, 0.05) is 0 Å². The second-order valence-electron chi connectivity index (χ2n) is 7.39. The molecule has 0 radical (unpaired) electrons. The number of aromatic nitrogens is 4. The Morgan fingerprint density at radius 1 is 1.31 bits per heavy atom. The Hall–Kier alpha value is -2.19. The molecule has 29 heavy (non-hydrogen) atoms. The van der Waals surface area contributed by atoms with E-state index in [0.29, 0.717) is 10.5 Å². The smallest absolute Gasteiger partial charge is 0.312 e. The summed E-state index contributed by atoms with van der Waals surface area (Å²) in [4.78, 5) is 27.0. The van der Waals surface area contributed by atoms with Gasteiger partial charge in [-0.25, -0.2) is 4.98 Å². The van der Waals surface area contributed by atoms with E-state index >= 15 is 0 Å². The number of hydrogen-bond donors (Lipinski definition) is 5. The van der Waals surface area contributed by atoms with Crippen LogP contribution in [0.4, 0.5) is 5.95 Å². The summed E-state index contributed by atoms with van der Waals surface area (Å²) in [5, 5.41) is 29.3. The Morgan fingerprint density at radius 3 is 2.69 bits per heavy atom. The molecule has 1 aliphatic rings. The van der Waals surface area contributed by atoms with Crippen LogP contribution in [-0.4, -0.2) is 78.4 Å². The third-order valence-corrected chi connectivity index (χ3v) is 4.85. The third-order valence-electron chi connectivity index (χ3n) is 4.05. The van der Waals surface area contributed by atoms with Gasteiger partial charge in [0.2, 0.25) is 5.95 Å². The number of nitrogens with two attached hydrogens (primary N) is 1. The van der Waals surface area contributed by atoms with E-state index in [1.165, 1.54) is 0 Å². The number of aliphatic hydroxyl groups is 3. The van der Waals surface area contributed by atoms with Crippen LogP contribution in [0.5, 0.6) is 6.01 Å². The Balaban J connectivity index is 1.77. The highest BCUT2D eigenvalue weighted by Crippen LogP contribution is 2.29. The van der Waals surface area contributed by atoms with Crippen LogP contribution in [0.15, 0.2) is 5.03 Å². The van der Waals surface area contributed by atoms with E-state index < -0.39 is 36.6 Å². The number of thioether (sulfide) groups is 1. The fourth-order valence-electron chi connectivity index (χ4n) is 2.52. The van der Waals surface area contributed by atoms with Crippen LogP contribution in [0, 0.1) is 5.41 Å². The van der Waals surface area contributed by atoms with Gasteiger partial charge in [0.25, 0.3) is 6.01 Å². The summed E-state index contributed by atoms with van der Waals surface area (Å²) in [7, 11) is 0. The second kappa shape index (κ2) is 8.28. The van der Waals surface area contributed by atoms with Gasteiger partial charge in [0.05, 0.1) is 12.0 Å². The van der Waals surface area contributed by atoms with Gasteiger partial charge in [-0.05, 0) is 20.8 Å². The summed E-state index contributed by atoms with van der Waals surface area (Å²) in [6, 6.07) is -0.0337. The summed E-state index contributed by atoms with van der Waals surface area (Å²) in [5.74, 6) is -0.390. The van der Waals surface area contributed by atoms with Crippen molar-refractivity contribution in [3.05, 3.63) is 0 Å². The number of esters is 1. The lowest BCUT2D eigenvalue weighted by Crippen LogP contribution is -2.39. The fraction of sp³-hybridized carbons (Fsp3) is 0.625. The van der Waals surface area contributed by atoms with Gasteiger partial charge in [-0.3, -0.25) is 4.79 Å². The van der Waals surface area contributed by atoms with E-state index in [-0.39, 0.29) is 29.5 Å². The number of carbonyl (C=O) groups is 1. The van der Waals surface area contributed by atoms with Crippen LogP contribution in [0.3, 0.4) is 0 Å². The summed E-state index contributed by atoms with van der Waals surface area (Å²) in [6.07, 6.45) is -4.84. The van der Waals surface area contributed by atoms with Gasteiger partial charge in [-0.2, -0.15) is 9.97 Å². The fourth-order valence-corrected chi connectivity index (χ4v) is 3.24. The average molecular weight is 429 g/mol. The van der Waals surface area contributed by atoms with Crippen molar-refractivity contribution in [3.8, 4) is 6.01 Å². The van der Waals surface area contributed by atoms with Crippen molar-refractivity contribution in [1.29, 1.82) is 0 Å². The number of aliphatic hydroxyl groups excluding tert-OH is 3. The van der Waals surface area contributed by atoms with Gasteiger partial charge < -0.3 is 40.2 Å². The molecular weight excluding hydrogens is 406 g/mol. The SMILES string of the molecule is CC(C)(C)C(=O)OCSc1nc(N)nc2nc(O[C@H]3[C@@H](O)[C@H](O)O[C@@H]3CO)[nH]c12. The molecule has 2 aromatic rings. The van der Waals surface area contributed by atoms with Crippen LogP contribution in [0.1, 0.15) is 20.8 Å². The number of H-pyrrole nitrogens is 1. The topological polar surface area (TPSA) is 186 Å². The predicted molar refractivity (Wildman–Crippen MR) is 101 cm³/mol. The van der Waals surface area contributed by atoms with Crippen molar-refractivity contribution in [1.82, 2.24) is 19.9 Å². The van der Waals surface area contributed by atoms with Crippen LogP contribution >= 0.6 is 11.8 Å². The number of anilines is 1. The molecule has 0 bridgehead atoms. The van der Waals surface area contributed by atoms with Gasteiger partial charge in [0.1, 0.15) is 28.7 Å². The number of rotatable bonds is 6. The maximum atomic E-state index is 11.9. The third kappa shape index (κ3) is 4.70.